The molecule has 1 unspecified atom stereocenters. The molecule has 2 atom stereocenters. The van der Waals surface area contributed by atoms with Crippen molar-refractivity contribution in [3.63, 3.8) is 0 Å². The van der Waals surface area contributed by atoms with Gasteiger partial charge in [0.1, 0.15) is 6.10 Å². The van der Waals surface area contributed by atoms with Crippen LogP contribution in [0.5, 0.6) is 0 Å². The highest BCUT2D eigenvalue weighted by molar-refractivity contribution is 6.30. The van der Waals surface area contributed by atoms with Crippen molar-refractivity contribution < 1.29 is 9.53 Å². The Hall–Kier alpha value is -1.22. The van der Waals surface area contributed by atoms with Gasteiger partial charge >= 0.3 is 6.09 Å². The molecule has 0 bridgehead atoms. The van der Waals surface area contributed by atoms with Gasteiger partial charge in [-0.1, -0.05) is 30.7 Å². The molecule has 0 spiro atoms. The third-order valence-electron chi connectivity index (χ3n) is 2.52. The third-order valence-corrected chi connectivity index (χ3v) is 2.75. The molecule has 3 nitrogen and oxygen atoms in total. The highest BCUT2D eigenvalue weighted by Gasteiger charge is 2.33. The van der Waals surface area contributed by atoms with Gasteiger partial charge in [0.25, 0.3) is 0 Å². The lowest BCUT2D eigenvalue weighted by Crippen LogP contribution is -2.26. The van der Waals surface area contributed by atoms with Gasteiger partial charge in [-0.2, -0.15) is 0 Å². The summed E-state index contributed by atoms with van der Waals surface area (Å²) in [4.78, 5) is 11.1. The molecule has 0 saturated carbocycles. The largest absolute Gasteiger partial charge is 0.439 e. The summed E-state index contributed by atoms with van der Waals surface area (Å²) in [6.45, 7) is 2.01. The smallest absolute Gasteiger partial charge is 0.408 e. The fourth-order valence-electron chi connectivity index (χ4n) is 1.76. The lowest BCUT2D eigenvalue weighted by atomic mass is 10.0. The maximum atomic E-state index is 11.1. The van der Waals surface area contributed by atoms with Crippen LogP contribution in [0.4, 0.5) is 4.79 Å². The Bertz CT molecular complexity index is 381. The van der Waals surface area contributed by atoms with Crippen molar-refractivity contribution in [3.8, 4) is 0 Å². The molecule has 1 fully saturated rings. The molecular weight excluding hydrogens is 214 g/mol. The fourth-order valence-corrected chi connectivity index (χ4v) is 1.96. The van der Waals surface area contributed by atoms with E-state index in [4.69, 9.17) is 16.3 Å². The fraction of sp³-hybridized carbons (Fsp3) is 0.364. The summed E-state index contributed by atoms with van der Waals surface area (Å²) in [5, 5.41) is 3.43. The first-order valence-corrected chi connectivity index (χ1v) is 5.31. The Morgan fingerprint density at radius 1 is 1.53 bits per heavy atom. The number of nitrogens with one attached hydrogen (secondary N) is 1. The lowest BCUT2D eigenvalue weighted by Gasteiger charge is -2.15. The van der Waals surface area contributed by atoms with E-state index in [0.717, 1.165) is 12.0 Å². The predicted octanol–water partition coefficient (Wildman–Crippen LogP) is 2.90. The van der Waals surface area contributed by atoms with Crippen molar-refractivity contribution in [2.75, 3.05) is 0 Å². The van der Waals surface area contributed by atoms with Gasteiger partial charge in [-0.15, -0.1) is 0 Å². The van der Waals surface area contributed by atoms with Gasteiger partial charge in [0.15, 0.2) is 0 Å². The lowest BCUT2D eigenvalue weighted by molar-refractivity contribution is 0.131. The quantitative estimate of drug-likeness (QED) is 0.841. The topological polar surface area (TPSA) is 38.3 Å². The summed E-state index contributed by atoms with van der Waals surface area (Å²) < 4.78 is 5.20. The number of hydrogen-bond acceptors (Lipinski definition) is 2. The van der Waals surface area contributed by atoms with Crippen LogP contribution in [0.1, 0.15) is 25.0 Å². The van der Waals surface area contributed by atoms with Crippen LogP contribution >= 0.6 is 11.6 Å². The summed E-state index contributed by atoms with van der Waals surface area (Å²) in [6.07, 6.45) is 0.260. The molecule has 80 valence electrons. The number of benzene rings is 1. The minimum atomic E-state index is -0.355. The zero-order chi connectivity index (χ0) is 10.8. The van der Waals surface area contributed by atoms with Crippen LogP contribution in [0.25, 0.3) is 0 Å². The van der Waals surface area contributed by atoms with Crippen LogP contribution in [0.3, 0.4) is 0 Å². The van der Waals surface area contributed by atoms with Gasteiger partial charge in [-0.25, -0.2) is 4.79 Å². The van der Waals surface area contributed by atoms with E-state index in [2.05, 4.69) is 5.32 Å². The molecule has 0 aromatic heterocycles. The van der Waals surface area contributed by atoms with Crippen molar-refractivity contribution in [3.05, 3.63) is 34.9 Å². The highest BCUT2D eigenvalue weighted by atomic mass is 35.5. The standard InChI is InChI=1S/C11H12ClNO2/c1-2-9-10(15-11(14)13-9)7-4-3-5-8(12)6-7/h3-6,9-10H,2H2,1H3,(H,13,14)/t9?,10-/m1/s1. The molecule has 15 heavy (non-hydrogen) atoms. The minimum Gasteiger partial charge on any atom is -0.439 e. The number of carbonyl (C=O) groups is 1. The van der Waals surface area contributed by atoms with Crippen LogP contribution < -0.4 is 5.32 Å². The van der Waals surface area contributed by atoms with Crippen molar-refractivity contribution in [2.24, 2.45) is 0 Å². The van der Waals surface area contributed by atoms with Crippen molar-refractivity contribution in [1.82, 2.24) is 5.32 Å². The predicted molar refractivity (Wildman–Crippen MR) is 57.9 cm³/mol. The maximum absolute atomic E-state index is 11.1. The Kier molecular flexibility index (Phi) is 2.82. The average molecular weight is 226 g/mol. The minimum absolute atomic E-state index is 0.0379. The second kappa shape index (κ2) is 4.11. The zero-order valence-electron chi connectivity index (χ0n) is 8.37. The van der Waals surface area contributed by atoms with Gasteiger partial charge in [0.05, 0.1) is 6.04 Å². The molecule has 1 heterocycles. The number of hydrogen-bond donors (Lipinski definition) is 1. The molecule has 1 amide bonds. The Morgan fingerprint density at radius 2 is 2.33 bits per heavy atom. The van der Waals surface area contributed by atoms with Gasteiger partial charge < -0.3 is 10.1 Å². The number of halogens is 1. The number of rotatable bonds is 2. The highest BCUT2D eigenvalue weighted by Crippen LogP contribution is 2.29. The van der Waals surface area contributed by atoms with Crippen molar-refractivity contribution in [1.29, 1.82) is 0 Å². The second-order valence-electron chi connectivity index (χ2n) is 3.54. The van der Waals surface area contributed by atoms with Gasteiger partial charge in [-0.05, 0) is 24.1 Å². The summed E-state index contributed by atoms with van der Waals surface area (Å²) in [5.74, 6) is 0. The number of carbonyl (C=O) groups excluding carboxylic acids is 1. The first-order valence-electron chi connectivity index (χ1n) is 4.93. The van der Waals surface area contributed by atoms with Crippen LogP contribution in [0.15, 0.2) is 24.3 Å². The van der Waals surface area contributed by atoms with Crippen LogP contribution in [0.2, 0.25) is 5.02 Å². The number of cyclic esters (lactones) is 1. The molecule has 0 aliphatic carbocycles. The Labute approximate surface area is 93.4 Å². The van der Waals surface area contributed by atoms with Crippen LogP contribution in [0, 0.1) is 0 Å². The van der Waals surface area contributed by atoms with Crippen LogP contribution in [-0.2, 0) is 4.74 Å². The molecule has 1 aliphatic rings. The third kappa shape index (κ3) is 2.07. The van der Waals surface area contributed by atoms with E-state index < -0.39 is 0 Å². The molecule has 1 aromatic rings. The van der Waals surface area contributed by atoms with E-state index in [9.17, 15) is 4.79 Å². The average Bonchev–Trinajstić information content (AvgIpc) is 2.59. The van der Waals surface area contributed by atoms with Gasteiger partial charge in [0.2, 0.25) is 0 Å². The summed E-state index contributed by atoms with van der Waals surface area (Å²) in [5.41, 5.74) is 0.938. The monoisotopic (exact) mass is 225 g/mol. The molecule has 2 rings (SSSR count). The molecule has 1 saturated heterocycles. The maximum Gasteiger partial charge on any atom is 0.408 e. The van der Waals surface area contributed by atoms with Crippen LogP contribution in [-0.4, -0.2) is 12.1 Å². The molecule has 1 aromatic carbocycles. The number of alkyl carbamates (subject to hydrolysis) is 1. The SMILES string of the molecule is CCC1NC(=O)O[C@@H]1c1cccc(Cl)c1. The van der Waals surface area contributed by atoms with E-state index in [0.29, 0.717) is 5.02 Å². The Balaban J connectivity index is 2.26. The first-order chi connectivity index (χ1) is 7.20. The van der Waals surface area contributed by atoms with Gasteiger partial charge in [0, 0.05) is 5.02 Å². The van der Waals surface area contributed by atoms with E-state index >= 15 is 0 Å². The summed E-state index contributed by atoms with van der Waals surface area (Å²) in [6, 6.07) is 7.44. The molecule has 1 aliphatic heterocycles. The normalized spacial score (nSPS) is 24.8. The number of amides is 1. The molecule has 0 radical (unpaired) electrons. The van der Waals surface area contributed by atoms with Gasteiger partial charge in [-0.3, -0.25) is 0 Å². The zero-order valence-corrected chi connectivity index (χ0v) is 9.12. The van der Waals surface area contributed by atoms with E-state index in [1.165, 1.54) is 0 Å². The Morgan fingerprint density at radius 3 is 3.00 bits per heavy atom. The molecule has 1 N–H and O–H groups in total. The molecular formula is C11H12ClNO2. The van der Waals surface area contributed by atoms with E-state index in [1.807, 2.05) is 25.1 Å². The summed E-state index contributed by atoms with van der Waals surface area (Å²) >= 11 is 5.89. The summed E-state index contributed by atoms with van der Waals surface area (Å²) in [7, 11) is 0. The van der Waals surface area contributed by atoms with Crippen molar-refractivity contribution >= 4 is 17.7 Å². The number of ether oxygens (including phenoxy) is 1. The first kappa shape index (κ1) is 10.3. The van der Waals surface area contributed by atoms with Crippen molar-refractivity contribution in [2.45, 2.75) is 25.5 Å². The molecule has 4 heteroatoms. The van der Waals surface area contributed by atoms with E-state index in [1.54, 1.807) is 6.07 Å². The van der Waals surface area contributed by atoms with E-state index in [-0.39, 0.29) is 18.2 Å². The second-order valence-corrected chi connectivity index (χ2v) is 3.98.